The quantitative estimate of drug-likeness (QED) is 0.667. The van der Waals surface area contributed by atoms with Crippen molar-refractivity contribution < 1.29 is 9.47 Å². The van der Waals surface area contributed by atoms with Crippen LogP contribution in [0.15, 0.2) is 24.3 Å². The van der Waals surface area contributed by atoms with Crippen molar-refractivity contribution >= 4 is 0 Å². The molecule has 0 radical (unpaired) electrons. The van der Waals surface area contributed by atoms with Crippen molar-refractivity contribution in [2.75, 3.05) is 33.5 Å². The van der Waals surface area contributed by atoms with E-state index in [1.807, 2.05) is 24.3 Å². The third kappa shape index (κ3) is 6.67. The van der Waals surface area contributed by atoms with Crippen LogP contribution in [-0.4, -0.2) is 33.5 Å². The average molecular weight is 276 g/mol. The molecule has 0 fully saturated rings. The van der Waals surface area contributed by atoms with Crippen molar-refractivity contribution in [1.82, 2.24) is 5.32 Å². The van der Waals surface area contributed by atoms with Crippen LogP contribution in [0.4, 0.5) is 0 Å². The maximum Gasteiger partial charge on any atom is 0.0991 e. The van der Waals surface area contributed by atoms with E-state index in [9.17, 15) is 0 Å². The molecular weight excluding hydrogens is 252 g/mol. The summed E-state index contributed by atoms with van der Waals surface area (Å²) in [6, 6.07) is 10.2. The van der Waals surface area contributed by atoms with E-state index in [-0.39, 0.29) is 6.04 Å². The standard InChI is InChI=1S/C16H24N2O2/c1-14(16-7-5-6-15(12-16)13-17)18-8-3-4-9-20-11-10-19-2/h5-7,12,14,18H,3-4,8-11H2,1-2H3. The summed E-state index contributed by atoms with van der Waals surface area (Å²) in [6.07, 6.45) is 2.12. The number of benzene rings is 1. The van der Waals surface area contributed by atoms with Crippen molar-refractivity contribution in [2.24, 2.45) is 0 Å². The van der Waals surface area contributed by atoms with Gasteiger partial charge in [-0.1, -0.05) is 12.1 Å². The number of ether oxygens (including phenoxy) is 2. The maximum atomic E-state index is 8.89. The van der Waals surface area contributed by atoms with Gasteiger partial charge >= 0.3 is 0 Å². The Morgan fingerprint density at radius 3 is 2.85 bits per heavy atom. The highest BCUT2D eigenvalue weighted by Crippen LogP contribution is 2.13. The van der Waals surface area contributed by atoms with Gasteiger partial charge < -0.3 is 14.8 Å². The molecule has 20 heavy (non-hydrogen) atoms. The topological polar surface area (TPSA) is 54.3 Å². The molecule has 0 saturated heterocycles. The first kappa shape index (κ1) is 16.6. The molecule has 1 rings (SSSR count). The molecule has 0 saturated carbocycles. The van der Waals surface area contributed by atoms with Gasteiger partial charge in [-0.15, -0.1) is 0 Å². The van der Waals surface area contributed by atoms with Gasteiger partial charge in [-0.2, -0.15) is 5.26 Å². The molecule has 0 aliphatic heterocycles. The zero-order valence-electron chi connectivity index (χ0n) is 12.4. The van der Waals surface area contributed by atoms with Gasteiger partial charge in [-0.05, 0) is 44.0 Å². The van der Waals surface area contributed by atoms with E-state index in [0.717, 1.165) is 31.6 Å². The van der Waals surface area contributed by atoms with Crippen LogP contribution >= 0.6 is 0 Å². The Kier molecular flexibility index (Phi) is 8.64. The number of unbranched alkanes of at least 4 members (excludes halogenated alkanes) is 1. The van der Waals surface area contributed by atoms with E-state index in [2.05, 4.69) is 18.3 Å². The molecule has 1 aromatic carbocycles. The minimum atomic E-state index is 0.262. The summed E-state index contributed by atoms with van der Waals surface area (Å²) >= 11 is 0. The number of nitrogens with one attached hydrogen (secondary N) is 1. The second kappa shape index (κ2) is 10.4. The monoisotopic (exact) mass is 276 g/mol. The van der Waals surface area contributed by atoms with E-state index in [0.29, 0.717) is 18.8 Å². The third-order valence-electron chi connectivity index (χ3n) is 3.11. The Bertz CT molecular complexity index is 415. The average Bonchev–Trinajstić information content (AvgIpc) is 2.49. The SMILES string of the molecule is COCCOCCCCNC(C)c1cccc(C#N)c1. The van der Waals surface area contributed by atoms with Crippen molar-refractivity contribution in [3.05, 3.63) is 35.4 Å². The summed E-state index contributed by atoms with van der Waals surface area (Å²) in [4.78, 5) is 0. The molecule has 1 unspecified atom stereocenters. The lowest BCUT2D eigenvalue weighted by atomic mass is 10.1. The van der Waals surface area contributed by atoms with Gasteiger partial charge in [0, 0.05) is 19.8 Å². The zero-order chi connectivity index (χ0) is 14.6. The van der Waals surface area contributed by atoms with Crippen LogP contribution in [0.1, 0.15) is 36.9 Å². The van der Waals surface area contributed by atoms with E-state index >= 15 is 0 Å². The van der Waals surface area contributed by atoms with E-state index in [4.69, 9.17) is 14.7 Å². The second-order valence-electron chi connectivity index (χ2n) is 4.73. The van der Waals surface area contributed by atoms with Crippen LogP contribution in [0, 0.1) is 11.3 Å². The van der Waals surface area contributed by atoms with Crippen LogP contribution in [0.3, 0.4) is 0 Å². The lowest BCUT2D eigenvalue weighted by molar-refractivity contribution is 0.0687. The van der Waals surface area contributed by atoms with E-state index in [1.165, 1.54) is 0 Å². The van der Waals surface area contributed by atoms with Gasteiger partial charge in [0.2, 0.25) is 0 Å². The molecule has 4 nitrogen and oxygen atoms in total. The fourth-order valence-electron chi connectivity index (χ4n) is 1.89. The molecular formula is C16H24N2O2. The molecule has 1 N–H and O–H groups in total. The Hall–Kier alpha value is -1.41. The fourth-order valence-corrected chi connectivity index (χ4v) is 1.89. The first-order valence-electron chi connectivity index (χ1n) is 7.08. The molecule has 4 heteroatoms. The Balaban J connectivity index is 2.14. The number of hydrogen-bond donors (Lipinski definition) is 1. The Labute approximate surface area is 121 Å². The highest BCUT2D eigenvalue weighted by atomic mass is 16.5. The summed E-state index contributed by atoms with van der Waals surface area (Å²) in [5, 5.41) is 12.3. The molecule has 0 aliphatic rings. The normalized spacial score (nSPS) is 12.1. The Morgan fingerprint density at radius 1 is 1.25 bits per heavy atom. The molecule has 0 aromatic heterocycles. The molecule has 0 spiro atoms. The minimum absolute atomic E-state index is 0.262. The number of hydrogen-bond acceptors (Lipinski definition) is 4. The van der Waals surface area contributed by atoms with Gasteiger partial charge in [-0.25, -0.2) is 0 Å². The molecule has 1 aromatic rings. The van der Waals surface area contributed by atoms with Crippen molar-refractivity contribution in [1.29, 1.82) is 5.26 Å². The summed E-state index contributed by atoms with van der Waals surface area (Å²) < 4.78 is 10.3. The highest BCUT2D eigenvalue weighted by molar-refractivity contribution is 5.33. The third-order valence-corrected chi connectivity index (χ3v) is 3.11. The van der Waals surface area contributed by atoms with Gasteiger partial charge in [0.25, 0.3) is 0 Å². The van der Waals surface area contributed by atoms with Crippen LogP contribution in [0.5, 0.6) is 0 Å². The summed E-state index contributed by atoms with van der Waals surface area (Å²) in [6.45, 7) is 5.17. The van der Waals surface area contributed by atoms with Crippen molar-refractivity contribution in [2.45, 2.75) is 25.8 Å². The fraction of sp³-hybridized carbons (Fsp3) is 0.562. The lowest BCUT2D eigenvalue weighted by Crippen LogP contribution is -2.20. The summed E-state index contributed by atoms with van der Waals surface area (Å²) in [7, 11) is 1.68. The predicted octanol–water partition coefficient (Wildman–Crippen LogP) is 2.65. The molecule has 0 aliphatic carbocycles. The van der Waals surface area contributed by atoms with E-state index < -0.39 is 0 Å². The predicted molar refractivity (Wildman–Crippen MR) is 79.5 cm³/mol. The molecule has 0 heterocycles. The second-order valence-corrected chi connectivity index (χ2v) is 4.73. The van der Waals surface area contributed by atoms with Crippen LogP contribution < -0.4 is 5.32 Å². The van der Waals surface area contributed by atoms with Gasteiger partial charge in [0.05, 0.1) is 24.8 Å². The van der Waals surface area contributed by atoms with Crippen LogP contribution in [-0.2, 0) is 9.47 Å². The minimum Gasteiger partial charge on any atom is -0.382 e. The van der Waals surface area contributed by atoms with Crippen LogP contribution in [0.25, 0.3) is 0 Å². The van der Waals surface area contributed by atoms with Gasteiger partial charge in [0.1, 0.15) is 0 Å². The number of nitrogens with zero attached hydrogens (tertiary/aromatic N) is 1. The van der Waals surface area contributed by atoms with Crippen molar-refractivity contribution in [3.63, 3.8) is 0 Å². The Morgan fingerprint density at radius 2 is 2.10 bits per heavy atom. The molecule has 0 amide bonds. The number of nitriles is 1. The van der Waals surface area contributed by atoms with E-state index in [1.54, 1.807) is 7.11 Å². The molecule has 1 atom stereocenters. The first-order chi connectivity index (χ1) is 9.77. The lowest BCUT2D eigenvalue weighted by Gasteiger charge is -2.14. The van der Waals surface area contributed by atoms with Crippen molar-refractivity contribution in [3.8, 4) is 6.07 Å². The largest absolute Gasteiger partial charge is 0.382 e. The van der Waals surface area contributed by atoms with Crippen LogP contribution in [0.2, 0.25) is 0 Å². The van der Waals surface area contributed by atoms with Gasteiger partial charge in [-0.3, -0.25) is 0 Å². The number of rotatable bonds is 10. The number of methoxy groups -OCH3 is 1. The highest BCUT2D eigenvalue weighted by Gasteiger charge is 2.04. The molecule has 0 bridgehead atoms. The zero-order valence-corrected chi connectivity index (χ0v) is 12.4. The molecule has 110 valence electrons. The first-order valence-corrected chi connectivity index (χ1v) is 7.08. The maximum absolute atomic E-state index is 8.89. The summed E-state index contributed by atoms with van der Waals surface area (Å²) in [5.41, 5.74) is 1.86. The summed E-state index contributed by atoms with van der Waals surface area (Å²) in [5.74, 6) is 0. The van der Waals surface area contributed by atoms with Gasteiger partial charge in [0.15, 0.2) is 0 Å². The smallest absolute Gasteiger partial charge is 0.0991 e.